The second kappa shape index (κ2) is 9.66. The molecule has 1 aliphatic rings. The van der Waals surface area contributed by atoms with Crippen LogP contribution in [0, 0.1) is 0 Å². The number of morpholine rings is 1. The lowest BCUT2D eigenvalue weighted by Gasteiger charge is -2.26. The molecule has 2 rings (SSSR count). The number of rotatable bonds is 9. The SMILES string of the molecule is CCOc1ccc(CNCCCN2CCOCC2)cc1OC. The molecule has 0 bridgehead atoms. The normalized spacial score (nSPS) is 15.7. The van der Waals surface area contributed by atoms with Gasteiger partial charge in [0.2, 0.25) is 0 Å². The zero-order valence-corrected chi connectivity index (χ0v) is 13.8. The van der Waals surface area contributed by atoms with E-state index in [0.717, 1.165) is 63.9 Å². The average molecular weight is 308 g/mol. The highest BCUT2D eigenvalue weighted by molar-refractivity contribution is 5.42. The highest BCUT2D eigenvalue weighted by Crippen LogP contribution is 2.27. The molecule has 124 valence electrons. The molecule has 0 amide bonds. The molecule has 1 saturated heterocycles. The fourth-order valence-corrected chi connectivity index (χ4v) is 2.58. The van der Waals surface area contributed by atoms with Crippen molar-refractivity contribution in [1.29, 1.82) is 0 Å². The number of nitrogens with zero attached hydrogens (tertiary/aromatic N) is 1. The molecule has 22 heavy (non-hydrogen) atoms. The average Bonchev–Trinajstić information content (AvgIpc) is 2.57. The molecule has 1 aromatic rings. The zero-order chi connectivity index (χ0) is 15.6. The summed E-state index contributed by atoms with van der Waals surface area (Å²) in [6.07, 6.45) is 1.16. The van der Waals surface area contributed by atoms with Crippen LogP contribution in [-0.2, 0) is 11.3 Å². The van der Waals surface area contributed by atoms with Crippen LogP contribution in [0.5, 0.6) is 11.5 Å². The zero-order valence-electron chi connectivity index (χ0n) is 13.8. The maximum absolute atomic E-state index is 5.53. The fourth-order valence-electron chi connectivity index (χ4n) is 2.58. The van der Waals surface area contributed by atoms with E-state index in [1.807, 2.05) is 19.1 Å². The Hall–Kier alpha value is -1.30. The van der Waals surface area contributed by atoms with Crippen molar-refractivity contribution in [3.8, 4) is 11.5 Å². The van der Waals surface area contributed by atoms with Crippen LogP contribution in [-0.4, -0.2) is 58.0 Å². The molecule has 0 saturated carbocycles. The van der Waals surface area contributed by atoms with Gasteiger partial charge in [0.15, 0.2) is 11.5 Å². The molecule has 0 spiro atoms. The summed E-state index contributed by atoms with van der Waals surface area (Å²) in [4.78, 5) is 2.46. The minimum absolute atomic E-state index is 0.648. The first kappa shape index (κ1) is 17.1. The molecular formula is C17H28N2O3. The van der Waals surface area contributed by atoms with Gasteiger partial charge in [-0.3, -0.25) is 4.90 Å². The van der Waals surface area contributed by atoms with Gasteiger partial charge < -0.3 is 19.5 Å². The Balaban J connectivity index is 1.67. The Morgan fingerprint density at radius 1 is 1.23 bits per heavy atom. The van der Waals surface area contributed by atoms with Gasteiger partial charge in [0.1, 0.15) is 0 Å². The van der Waals surface area contributed by atoms with E-state index in [1.54, 1.807) is 7.11 Å². The van der Waals surface area contributed by atoms with Crippen molar-refractivity contribution in [2.45, 2.75) is 19.9 Å². The lowest BCUT2D eigenvalue weighted by Crippen LogP contribution is -2.37. The molecule has 1 fully saturated rings. The number of hydrogen-bond donors (Lipinski definition) is 1. The number of hydrogen-bond acceptors (Lipinski definition) is 5. The summed E-state index contributed by atoms with van der Waals surface area (Å²) in [7, 11) is 1.68. The summed E-state index contributed by atoms with van der Waals surface area (Å²) in [5, 5.41) is 3.49. The van der Waals surface area contributed by atoms with E-state index >= 15 is 0 Å². The quantitative estimate of drug-likeness (QED) is 0.706. The number of nitrogens with one attached hydrogen (secondary N) is 1. The van der Waals surface area contributed by atoms with Crippen LogP contribution in [0.2, 0.25) is 0 Å². The van der Waals surface area contributed by atoms with Gasteiger partial charge in [-0.15, -0.1) is 0 Å². The maximum Gasteiger partial charge on any atom is 0.161 e. The first-order valence-corrected chi connectivity index (χ1v) is 8.14. The first-order chi connectivity index (χ1) is 10.8. The molecule has 0 radical (unpaired) electrons. The number of ether oxygens (including phenoxy) is 3. The second-order valence-electron chi connectivity index (χ2n) is 5.40. The van der Waals surface area contributed by atoms with Crippen molar-refractivity contribution in [1.82, 2.24) is 10.2 Å². The molecule has 0 aromatic heterocycles. The third-order valence-corrected chi connectivity index (χ3v) is 3.79. The van der Waals surface area contributed by atoms with Gasteiger partial charge in [-0.1, -0.05) is 6.07 Å². The van der Waals surface area contributed by atoms with E-state index < -0.39 is 0 Å². The lowest BCUT2D eigenvalue weighted by atomic mass is 10.2. The summed E-state index contributed by atoms with van der Waals surface area (Å²) < 4.78 is 16.3. The number of benzene rings is 1. The van der Waals surface area contributed by atoms with E-state index in [9.17, 15) is 0 Å². The van der Waals surface area contributed by atoms with E-state index in [4.69, 9.17) is 14.2 Å². The van der Waals surface area contributed by atoms with E-state index in [0.29, 0.717) is 6.61 Å². The Morgan fingerprint density at radius 3 is 2.77 bits per heavy atom. The van der Waals surface area contributed by atoms with Crippen molar-refractivity contribution in [3.63, 3.8) is 0 Å². The van der Waals surface area contributed by atoms with Crippen molar-refractivity contribution in [3.05, 3.63) is 23.8 Å². The van der Waals surface area contributed by atoms with Crippen molar-refractivity contribution >= 4 is 0 Å². The van der Waals surface area contributed by atoms with Crippen LogP contribution in [0.1, 0.15) is 18.9 Å². The Morgan fingerprint density at radius 2 is 2.05 bits per heavy atom. The highest BCUT2D eigenvalue weighted by Gasteiger charge is 2.09. The largest absolute Gasteiger partial charge is 0.493 e. The van der Waals surface area contributed by atoms with Gasteiger partial charge in [0, 0.05) is 19.6 Å². The molecule has 1 aliphatic heterocycles. The van der Waals surface area contributed by atoms with Crippen molar-refractivity contribution < 1.29 is 14.2 Å². The third kappa shape index (κ3) is 5.48. The Bertz CT molecular complexity index is 434. The first-order valence-electron chi connectivity index (χ1n) is 8.14. The molecule has 0 atom stereocenters. The summed E-state index contributed by atoms with van der Waals surface area (Å²) in [6, 6.07) is 6.11. The molecular weight excluding hydrogens is 280 g/mol. The molecule has 1 N–H and O–H groups in total. The topological polar surface area (TPSA) is 43.0 Å². The Kier molecular flexibility index (Phi) is 7.49. The van der Waals surface area contributed by atoms with Crippen LogP contribution in [0.15, 0.2) is 18.2 Å². The minimum Gasteiger partial charge on any atom is -0.493 e. The van der Waals surface area contributed by atoms with Gasteiger partial charge in [0.25, 0.3) is 0 Å². The monoisotopic (exact) mass is 308 g/mol. The Labute approximate surface area is 133 Å². The van der Waals surface area contributed by atoms with Crippen LogP contribution < -0.4 is 14.8 Å². The van der Waals surface area contributed by atoms with Crippen molar-refractivity contribution in [2.75, 3.05) is 53.1 Å². The van der Waals surface area contributed by atoms with Gasteiger partial charge in [-0.25, -0.2) is 0 Å². The van der Waals surface area contributed by atoms with Gasteiger partial charge >= 0.3 is 0 Å². The second-order valence-corrected chi connectivity index (χ2v) is 5.40. The predicted molar refractivity (Wildman–Crippen MR) is 87.7 cm³/mol. The molecule has 5 heteroatoms. The van der Waals surface area contributed by atoms with E-state index in [-0.39, 0.29) is 0 Å². The van der Waals surface area contributed by atoms with E-state index in [2.05, 4.69) is 16.3 Å². The molecule has 0 aliphatic carbocycles. The van der Waals surface area contributed by atoms with Gasteiger partial charge in [-0.05, 0) is 44.1 Å². The summed E-state index contributed by atoms with van der Waals surface area (Å²) in [5.41, 5.74) is 1.21. The molecule has 0 unspecified atom stereocenters. The third-order valence-electron chi connectivity index (χ3n) is 3.79. The summed E-state index contributed by atoms with van der Waals surface area (Å²) in [5.74, 6) is 1.61. The predicted octanol–water partition coefficient (Wildman–Crippen LogP) is 1.91. The number of methoxy groups -OCH3 is 1. The van der Waals surface area contributed by atoms with Crippen LogP contribution >= 0.6 is 0 Å². The van der Waals surface area contributed by atoms with Crippen molar-refractivity contribution in [2.24, 2.45) is 0 Å². The standard InChI is InChI=1S/C17H28N2O3/c1-3-22-16-6-5-15(13-17(16)20-2)14-18-7-4-8-19-9-11-21-12-10-19/h5-6,13,18H,3-4,7-12,14H2,1-2H3. The summed E-state index contributed by atoms with van der Waals surface area (Å²) >= 11 is 0. The van der Waals surface area contributed by atoms with Crippen LogP contribution in [0.4, 0.5) is 0 Å². The van der Waals surface area contributed by atoms with Gasteiger partial charge in [-0.2, -0.15) is 0 Å². The maximum atomic E-state index is 5.53. The van der Waals surface area contributed by atoms with Crippen LogP contribution in [0.3, 0.4) is 0 Å². The van der Waals surface area contributed by atoms with Crippen LogP contribution in [0.25, 0.3) is 0 Å². The molecule has 1 heterocycles. The molecule has 5 nitrogen and oxygen atoms in total. The lowest BCUT2D eigenvalue weighted by molar-refractivity contribution is 0.0374. The summed E-state index contributed by atoms with van der Waals surface area (Å²) in [6.45, 7) is 9.52. The highest BCUT2D eigenvalue weighted by atomic mass is 16.5. The van der Waals surface area contributed by atoms with E-state index in [1.165, 1.54) is 5.56 Å². The minimum atomic E-state index is 0.648. The fraction of sp³-hybridized carbons (Fsp3) is 0.647. The van der Waals surface area contributed by atoms with Gasteiger partial charge in [0.05, 0.1) is 26.9 Å². The molecule has 1 aromatic carbocycles. The smallest absolute Gasteiger partial charge is 0.161 e.